The highest BCUT2D eigenvalue weighted by molar-refractivity contribution is 5.97. The zero-order valence-corrected chi connectivity index (χ0v) is 10.4. The summed E-state index contributed by atoms with van der Waals surface area (Å²) in [4.78, 5) is 15.9. The molecule has 0 fully saturated rings. The fourth-order valence-electron chi connectivity index (χ4n) is 1.66. The molecule has 2 rings (SSSR count). The van der Waals surface area contributed by atoms with E-state index in [1.54, 1.807) is 18.2 Å². The third-order valence-electron chi connectivity index (χ3n) is 2.91. The van der Waals surface area contributed by atoms with Gasteiger partial charge in [-0.3, -0.25) is 9.78 Å². The maximum absolute atomic E-state index is 13.4. The van der Waals surface area contributed by atoms with E-state index in [4.69, 9.17) is 0 Å². The first kappa shape index (κ1) is 12.5. The SMILES string of the molecule is CCC(C)NC(=O)c1cnc2c(F)cccc2c1. The fraction of sp³-hybridized carbons (Fsp3) is 0.286. The van der Waals surface area contributed by atoms with Crippen LogP contribution in [0.25, 0.3) is 10.9 Å². The minimum atomic E-state index is -0.374. The van der Waals surface area contributed by atoms with Crippen molar-refractivity contribution in [3.05, 3.63) is 41.8 Å². The van der Waals surface area contributed by atoms with E-state index in [1.807, 2.05) is 13.8 Å². The molecule has 0 saturated carbocycles. The first-order chi connectivity index (χ1) is 8.61. The van der Waals surface area contributed by atoms with Crippen molar-refractivity contribution < 1.29 is 9.18 Å². The van der Waals surface area contributed by atoms with Gasteiger partial charge in [-0.25, -0.2) is 4.39 Å². The summed E-state index contributed by atoms with van der Waals surface area (Å²) in [6.45, 7) is 3.94. The lowest BCUT2D eigenvalue weighted by Gasteiger charge is -2.11. The van der Waals surface area contributed by atoms with Crippen LogP contribution in [0.3, 0.4) is 0 Å². The van der Waals surface area contributed by atoms with Crippen LogP contribution in [-0.4, -0.2) is 16.9 Å². The first-order valence-corrected chi connectivity index (χ1v) is 5.97. The van der Waals surface area contributed by atoms with Crippen LogP contribution in [-0.2, 0) is 0 Å². The number of hydrogen-bond acceptors (Lipinski definition) is 2. The average molecular weight is 246 g/mol. The predicted molar refractivity (Wildman–Crippen MR) is 68.9 cm³/mol. The summed E-state index contributed by atoms with van der Waals surface area (Å²) in [5.74, 6) is -0.551. The van der Waals surface area contributed by atoms with E-state index >= 15 is 0 Å². The lowest BCUT2D eigenvalue weighted by atomic mass is 10.1. The van der Waals surface area contributed by atoms with Crippen LogP contribution < -0.4 is 5.32 Å². The number of carbonyl (C=O) groups is 1. The summed E-state index contributed by atoms with van der Waals surface area (Å²) < 4.78 is 13.4. The summed E-state index contributed by atoms with van der Waals surface area (Å²) >= 11 is 0. The largest absolute Gasteiger partial charge is 0.350 e. The molecule has 1 heterocycles. The second kappa shape index (κ2) is 5.12. The van der Waals surface area contributed by atoms with Crippen LogP contribution >= 0.6 is 0 Å². The minimum Gasteiger partial charge on any atom is -0.350 e. The van der Waals surface area contributed by atoms with Gasteiger partial charge in [0.25, 0.3) is 5.91 Å². The average Bonchev–Trinajstić information content (AvgIpc) is 2.38. The van der Waals surface area contributed by atoms with Gasteiger partial charge in [-0.05, 0) is 25.5 Å². The molecule has 0 aliphatic heterocycles. The molecule has 0 saturated heterocycles. The van der Waals surface area contributed by atoms with Crippen molar-refractivity contribution in [2.75, 3.05) is 0 Å². The van der Waals surface area contributed by atoms with Gasteiger partial charge in [0.05, 0.1) is 5.56 Å². The first-order valence-electron chi connectivity index (χ1n) is 5.97. The van der Waals surface area contributed by atoms with E-state index in [1.165, 1.54) is 12.3 Å². The summed E-state index contributed by atoms with van der Waals surface area (Å²) in [5, 5.41) is 3.48. The number of benzene rings is 1. The number of nitrogens with one attached hydrogen (secondary N) is 1. The van der Waals surface area contributed by atoms with Gasteiger partial charge in [-0.1, -0.05) is 19.1 Å². The molecule has 2 aromatic rings. The maximum atomic E-state index is 13.4. The molecule has 94 valence electrons. The fourth-order valence-corrected chi connectivity index (χ4v) is 1.66. The smallest absolute Gasteiger partial charge is 0.253 e. The number of para-hydroxylation sites is 1. The number of pyridine rings is 1. The monoisotopic (exact) mass is 246 g/mol. The van der Waals surface area contributed by atoms with Crippen molar-refractivity contribution in [2.24, 2.45) is 0 Å². The number of aromatic nitrogens is 1. The molecule has 1 N–H and O–H groups in total. The molecule has 0 bridgehead atoms. The molecule has 3 nitrogen and oxygen atoms in total. The van der Waals surface area contributed by atoms with Crippen molar-refractivity contribution >= 4 is 16.8 Å². The molecule has 18 heavy (non-hydrogen) atoms. The lowest BCUT2D eigenvalue weighted by Crippen LogP contribution is -2.31. The van der Waals surface area contributed by atoms with Crippen molar-refractivity contribution in [2.45, 2.75) is 26.3 Å². The van der Waals surface area contributed by atoms with Crippen molar-refractivity contribution in [3.8, 4) is 0 Å². The summed E-state index contributed by atoms with van der Waals surface area (Å²) in [6.07, 6.45) is 2.27. The Balaban J connectivity index is 2.33. The molecule has 0 radical (unpaired) electrons. The van der Waals surface area contributed by atoms with Gasteiger partial charge >= 0.3 is 0 Å². The molecule has 1 unspecified atom stereocenters. The number of amides is 1. The number of halogens is 1. The topological polar surface area (TPSA) is 42.0 Å². The molecule has 1 atom stereocenters. The van der Waals surface area contributed by atoms with Crippen molar-refractivity contribution in [3.63, 3.8) is 0 Å². The number of hydrogen-bond donors (Lipinski definition) is 1. The molecular weight excluding hydrogens is 231 g/mol. The van der Waals surface area contributed by atoms with Crippen molar-refractivity contribution in [1.29, 1.82) is 0 Å². The van der Waals surface area contributed by atoms with Gasteiger partial charge < -0.3 is 5.32 Å². The Labute approximate surface area is 105 Å². The summed E-state index contributed by atoms with van der Waals surface area (Å²) in [5.41, 5.74) is 0.742. The van der Waals surface area contributed by atoms with Crippen LogP contribution in [0, 0.1) is 5.82 Å². The number of nitrogens with zero attached hydrogens (tertiary/aromatic N) is 1. The highest BCUT2D eigenvalue weighted by atomic mass is 19.1. The second-order valence-electron chi connectivity index (χ2n) is 4.32. The Morgan fingerprint density at radius 3 is 3.00 bits per heavy atom. The van der Waals surface area contributed by atoms with E-state index in [-0.39, 0.29) is 23.3 Å². The van der Waals surface area contributed by atoms with Gasteiger partial charge in [0.15, 0.2) is 0 Å². The highest BCUT2D eigenvalue weighted by Crippen LogP contribution is 2.16. The lowest BCUT2D eigenvalue weighted by molar-refractivity contribution is 0.0939. The van der Waals surface area contributed by atoms with E-state index in [0.29, 0.717) is 10.9 Å². The quantitative estimate of drug-likeness (QED) is 0.904. The molecule has 1 aromatic heterocycles. The molecule has 1 amide bonds. The zero-order valence-electron chi connectivity index (χ0n) is 10.4. The normalized spacial score (nSPS) is 12.4. The number of fused-ring (bicyclic) bond motifs is 1. The Kier molecular flexibility index (Phi) is 3.55. The van der Waals surface area contributed by atoms with E-state index in [9.17, 15) is 9.18 Å². The predicted octanol–water partition coefficient (Wildman–Crippen LogP) is 2.90. The summed E-state index contributed by atoms with van der Waals surface area (Å²) in [7, 11) is 0. The molecule has 0 aliphatic carbocycles. The zero-order chi connectivity index (χ0) is 13.1. The minimum absolute atomic E-state index is 0.112. The standard InChI is InChI=1S/C14H15FN2O/c1-3-9(2)17-14(18)11-7-10-5-4-6-12(15)13(10)16-8-11/h4-9H,3H2,1-2H3,(H,17,18). The molecule has 0 aliphatic rings. The molecule has 0 spiro atoms. The van der Waals surface area contributed by atoms with E-state index in [2.05, 4.69) is 10.3 Å². The van der Waals surface area contributed by atoms with Crippen LogP contribution in [0.15, 0.2) is 30.5 Å². The van der Waals surface area contributed by atoms with Crippen LogP contribution in [0.4, 0.5) is 4.39 Å². The molecular formula is C14H15FN2O. The molecule has 1 aromatic carbocycles. The maximum Gasteiger partial charge on any atom is 0.253 e. The number of carbonyl (C=O) groups excluding carboxylic acids is 1. The Morgan fingerprint density at radius 1 is 1.50 bits per heavy atom. The van der Waals surface area contributed by atoms with Gasteiger partial charge in [0.2, 0.25) is 0 Å². The van der Waals surface area contributed by atoms with Crippen molar-refractivity contribution in [1.82, 2.24) is 10.3 Å². The van der Waals surface area contributed by atoms with E-state index in [0.717, 1.165) is 6.42 Å². The van der Waals surface area contributed by atoms with Gasteiger partial charge in [0.1, 0.15) is 11.3 Å². The van der Waals surface area contributed by atoms with Crippen LogP contribution in [0.1, 0.15) is 30.6 Å². The Morgan fingerprint density at radius 2 is 2.28 bits per heavy atom. The van der Waals surface area contributed by atoms with Gasteiger partial charge in [-0.2, -0.15) is 0 Å². The van der Waals surface area contributed by atoms with Gasteiger partial charge in [0, 0.05) is 17.6 Å². The third kappa shape index (κ3) is 2.47. The number of rotatable bonds is 3. The Bertz CT molecular complexity index is 583. The molecule has 4 heteroatoms. The van der Waals surface area contributed by atoms with E-state index < -0.39 is 0 Å². The third-order valence-corrected chi connectivity index (χ3v) is 2.91. The Hall–Kier alpha value is -1.97. The highest BCUT2D eigenvalue weighted by Gasteiger charge is 2.10. The van der Waals surface area contributed by atoms with Gasteiger partial charge in [-0.15, -0.1) is 0 Å². The second-order valence-corrected chi connectivity index (χ2v) is 4.32. The summed E-state index contributed by atoms with van der Waals surface area (Å²) in [6, 6.07) is 6.47. The van der Waals surface area contributed by atoms with Crippen LogP contribution in [0.2, 0.25) is 0 Å². The van der Waals surface area contributed by atoms with Crippen LogP contribution in [0.5, 0.6) is 0 Å².